The fourth-order valence-corrected chi connectivity index (χ4v) is 2.68. The van der Waals surface area contributed by atoms with E-state index in [-0.39, 0.29) is 5.82 Å². The predicted octanol–water partition coefficient (Wildman–Crippen LogP) is 3.64. The molecule has 0 aliphatic carbocycles. The summed E-state index contributed by atoms with van der Waals surface area (Å²) in [7, 11) is 0. The van der Waals surface area contributed by atoms with Gasteiger partial charge in [0.15, 0.2) is 0 Å². The van der Waals surface area contributed by atoms with E-state index in [0.717, 1.165) is 29.6 Å². The van der Waals surface area contributed by atoms with Gasteiger partial charge in [0.2, 0.25) is 0 Å². The first-order valence-electron chi connectivity index (χ1n) is 6.51. The van der Waals surface area contributed by atoms with E-state index in [1.165, 1.54) is 31.4 Å². The van der Waals surface area contributed by atoms with Gasteiger partial charge >= 0.3 is 0 Å². The van der Waals surface area contributed by atoms with Crippen molar-refractivity contribution in [2.45, 2.75) is 38.3 Å². The van der Waals surface area contributed by atoms with E-state index < -0.39 is 0 Å². The van der Waals surface area contributed by atoms with Crippen molar-refractivity contribution < 1.29 is 9.13 Å². The third-order valence-electron chi connectivity index (χ3n) is 3.30. The highest BCUT2D eigenvalue weighted by Crippen LogP contribution is 2.19. The van der Waals surface area contributed by atoms with Crippen molar-refractivity contribution in [2.75, 3.05) is 13.2 Å². The van der Waals surface area contributed by atoms with Crippen molar-refractivity contribution in [3.63, 3.8) is 0 Å². The molecule has 1 saturated heterocycles. The molecule has 0 aromatic heterocycles. The van der Waals surface area contributed by atoms with E-state index in [2.05, 4.69) is 21.2 Å². The minimum Gasteiger partial charge on any atom is -0.377 e. The van der Waals surface area contributed by atoms with Crippen molar-refractivity contribution in [3.8, 4) is 0 Å². The van der Waals surface area contributed by atoms with Gasteiger partial charge in [-0.1, -0.05) is 28.4 Å². The molecule has 0 spiro atoms. The van der Waals surface area contributed by atoms with E-state index in [4.69, 9.17) is 4.74 Å². The summed E-state index contributed by atoms with van der Waals surface area (Å²) in [6.45, 7) is 2.42. The van der Waals surface area contributed by atoms with Crippen LogP contribution in [-0.4, -0.2) is 19.2 Å². The molecule has 1 unspecified atom stereocenters. The molecule has 0 bridgehead atoms. The molecule has 0 amide bonds. The average Bonchev–Trinajstić information content (AvgIpc) is 2.38. The first-order chi connectivity index (χ1) is 8.75. The van der Waals surface area contributed by atoms with Crippen LogP contribution in [0, 0.1) is 5.82 Å². The van der Waals surface area contributed by atoms with Crippen LogP contribution in [-0.2, 0) is 11.3 Å². The highest BCUT2D eigenvalue weighted by molar-refractivity contribution is 9.10. The van der Waals surface area contributed by atoms with Gasteiger partial charge in [-0.2, -0.15) is 0 Å². The number of nitrogens with one attached hydrogen (secondary N) is 1. The van der Waals surface area contributed by atoms with Crippen molar-refractivity contribution in [1.82, 2.24) is 5.32 Å². The lowest BCUT2D eigenvalue weighted by Gasteiger charge is -2.23. The quantitative estimate of drug-likeness (QED) is 0.838. The fourth-order valence-electron chi connectivity index (χ4n) is 2.22. The summed E-state index contributed by atoms with van der Waals surface area (Å²) in [6.07, 6.45) is 4.92. The Bertz CT molecular complexity index is 380. The molecule has 1 aliphatic heterocycles. The van der Waals surface area contributed by atoms with Crippen LogP contribution in [0.4, 0.5) is 4.39 Å². The normalized spacial score (nSPS) is 20.0. The van der Waals surface area contributed by atoms with Crippen LogP contribution in [0.1, 0.15) is 31.2 Å². The van der Waals surface area contributed by atoms with E-state index in [9.17, 15) is 4.39 Å². The highest BCUT2D eigenvalue weighted by Gasteiger charge is 2.11. The van der Waals surface area contributed by atoms with E-state index in [0.29, 0.717) is 12.6 Å². The van der Waals surface area contributed by atoms with Crippen LogP contribution in [0.15, 0.2) is 22.7 Å². The smallest absolute Gasteiger partial charge is 0.124 e. The average molecular weight is 316 g/mol. The number of benzene rings is 1. The predicted molar refractivity (Wildman–Crippen MR) is 74.0 cm³/mol. The maximum absolute atomic E-state index is 12.9. The van der Waals surface area contributed by atoms with Gasteiger partial charge in [-0.25, -0.2) is 4.39 Å². The number of halogens is 2. The summed E-state index contributed by atoms with van der Waals surface area (Å²) in [5, 5.41) is 3.50. The van der Waals surface area contributed by atoms with Gasteiger partial charge in [-0.3, -0.25) is 0 Å². The second-order valence-corrected chi connectivity index (χ2v) is 5.58. The Kier molecular flexibility index (Phi) is 5.60. The van der Waals surface area contributed by atoms with Crippen LogP contribution in [0.5, 0.6) is 0 Å². The summed E-state index contributed by atoms with van der Waals surface area (Å²) < 4.78 is 19.3. The minimum atomic E-state index is -0.225. The molecule has 1 fully saturated rings. The summed E-state index contributed by atoms with van der Waals surface area (Å²) in [5.41, 5.74) is 0.994. The minimum absolute atomic E-state index is 0.225. The van der Waals surface area contributed by atoms with Gasteiger partial charge in [-0.05, 0) is 43.5 Å². The van der Waals surface area contributed by atoms with Gasteiger partial charge in [0.05, 0.1) is 6.61 Å². The zero-order chi connectivity index (χ0) is 12.8. The number of hydrogen-bond donors (Lipinski definition) is 1. The molecule has 100 valence electrons. The lowest BCUT2D eigenvalue weighted by Crippen LogP contribution is -2.34. The largest absolute Gasteiger partial charge is 0.377 e. The Balaban J connectivity index is 1.68. The summed E-state index contributed by atoms with van der Waals surface area (Å²) in [5.74, 6) is -0.225. The second kappa shape index (κ2) is 7.22. The van der Waals surface area contributed by atoms with Crippen molar-refractivity contribution in [3.05, 3.63) is 34.1 Å². The molecule has 1 aromatic rings. The summed E-state index contributed by atoms with van der Waals surface area (Å²) >= 11 is 3.34. The van der Waals surface area contributed by atoms with Gasteiger partial charge in [0.25, 0.3) is 0 Å². The van der Waals surface area contributed by atoms with Crippen molar-refractivity contribution >= 4 is 15.9 Å². The van der Waals surface area contributed by atoms with Crippen LogP contribution >= 0.6 is 15.9 Å². The highest BCUT2D eigenvalue weighted by atomic mass is 79.9. The molecular weight excluding hydrogens is 297 g/mol. The Labute approximate surface area is 116 Å². The molecule has 2 rings (SSSR count). The first kappa shape index (κ1) is 14.0. The third kappa shape index (κ3) is 4.34. The van der Waals surface area contributed by atoms with E-state index in [1.807, 2.05) is 0 Å². The zero-order valence-corrected chi connectivity index (χ0v) is 12.0. The SMILES string of the molecule is Fc1ccc(COCCC2CCCCN2)c(Br)c1. The number of rotatable bonds is 5. The standard InChI is InChI=1S/C14H19BrFNO/c15-14-9-12(16)5-4-11(14)10-18-8-6-13-3-1-2-7-17-13/h4-5,9,13,17H,1-3,6-8,10H2. The fraction of sp³-hybridized carbons (Fsp3) is 0.571. The Hall–Kier alpha value is -0.450. The van der Waals surface area contributed by atoms with E-state index >= 15 is 0 Å². The van der Waals surface area contributed by atoms with E-state index in [1.54, 1.807) is 6.07 Å². The molecule has 4 heteroatoms. The number of hydrogen-bond acceptors (Lipinski definition) is 2. The van der Waals surface area contributed by atoms with Crippen LogP contribution in [0.3, 0.4) is 0 Å². The number of piperidine rings is 1. The molecule has 1 aromatic carbocycles. The summed E-state index contributed by atoms with van der Waals surface area (Å²) in [4.78, 5) is 0. The topological polar surface area (TPSA) is 21.3 Å². The maximum Gasteiger partial charge on any atom is 0.124 e. The Morgan fingerprint density at radius 2 is 2.28 bits per heavy atom. The molecule has 1 atom stereocenters. The Morgan fingerprint density at radius 1 is 1.39 bits per heavy atom. The molecule has 18 heavy (non-hydrogen) atoms. The van der Waals surface area contributed by atoms with Crippen molar-refractivity contribution in [1.29, 1.82) is 0 Å². The van der Waals surface area contributed by atoms with Gasteiger partial charge in [0, 0.05) is 17.1 Å². The van der Waals surface area contributed by atoms with Gasteiger partial charge in [-0.15, -0.1) is 0 Å². The van der Waals surface area contributed by atoms with Crippen LogP contribution in [0.25, 0.3) is 0 Å². The first-order valence-corrected chi connectivity index (χ1v) is 7.30. The number of ether oxygens (including phenoxy) is 1. The van der Waals surface area contributed by atoms with Crippen LogP contribution in [0.2, 0.25) is 0 Å². The lowest BCUT2D eigenvalue weighted by molar-refractivity contribution is 0.108. The molecule has 0 saturated carbocycles. The summed E-state index contributed by atoms with van der Waals surface area (Å²) in [6, 6.07) is 5.31. The zero-order valence-electron chi connectivity index (χ0n) is 10.4. The van der Waals surface area contributed by atoms with Gasteiger partial charge < -0.3 is 10.1 Å². The molecule has 1 heterocycles. The van der Waals surface area contributed by atoms with Gasteiger partial charge in [0.1, 0.15) is 5.82 Å². The Morgan fingerprint density at radius 3 is 3.00 bits per heavy atom. The second-order valence-electron chi connectivity index (χ2n) is 4.72. The van der Waals surface area contributed by atoms with Crippen molar-refractivity contribution in [2.24, 2.45) is 0 Å². The monoisotopic (exact) mass is 315 g/mol. The maximum atomic E-state index is 12.9. The lowest BCUT2D eigenvalue weighted by atomic mass is 10.0. The molecule has 1 aliphatic rings. The van der Waals surface area contributed by atoms with Crippen LogP contribution < -0.4 is 5.32 Å². The molecule has 2 nitrogen and oxygen atoms in total. The molecular formula is C14H19BrFNO. The third-order valence-corrected chi connectivity index (χ3v) is 4.03. The molecule has 0 radical (unpaired) electrons. The molecule has 1 N–H and O–H groups in total.